The Labute approximate surface area is 80.4 Å². The predicted molar refractivity (Wildman–Crippen MR) is 52.7 cm³/mol. The molecule has 0 saturated heterocycles. The molecule has 1 fully saturated rings. The molecule has 0 aromatic rings. The largest absolute Gasteiger partial charge is 0.372 e. The lowest BCUT2D eigenvalue weighted by molar-refractivity contribution is -0.153. The van der Waals surface area contributed by atoms with E-state index in [-0.39, 0.29) is 16.4 Å². The van der Waals surface area contributed by atoms with Gasteiger partial charge in [-0.1, -0.05) is 13.8 Å². The van der Waals surface area contributed by atoms with Crippen molar-refractivity contribution >= 4 is 11.6 Å². The molecule has 1 saturated carbocycles. The van der Waals surface area contributed by atoms with Crippen LogP contribution in [0.4, 0.5) is 0 Å². The molecule has 72 valence electrons. The minimum Gasteiger partial charge on any atom is -0.372 e. The van der Waals surface area contributed by atoms with Crippen LogP contribution in [0.25, 0.3) is 0 Å². The molecule has 12 heavy (non-hydrogen) atoms. The quantitative estimate of drug-likeness (QED) is 0.577. The van der Waals surface area contributed by atoms with Crippen LogP contribution < -0.4 is 0 Å². The van der Waals surface area contributed by atoms with Gasteiger partial charge in [-0.05, 0) is 27.2 Å². The Kier molecular flexibility index (Phi) is 2.48. The molecule has 2 unspecified atom stereocenters. The molecule has 0 radical (unpaired) electrons. The van der Waals surface area contributed by atoms with E-state index in [9.17, 15) is 0 Å². The van der Waals surface area contributed by atoms with Crippen LogP contribution in [-0.4, -0.2) is 17.1 Å². The zero-order valence-electron chi connectivity index (χ0n) is 8.65. The molecular weight excluding hydrogens is 172 g/mol. The highest BCUT2D eigenvalue weighted by atomic mass is 35.5. The fourth-order valence-corrected chi connectivity index (χ4v) is 1.77. The molecule has 0 amide bonds. The first-order valence-corrected chi connectivity index (χ1v) is 4.99. The average molecular weight is 191 g/mol. The summed E-state index contributed by atoms with van der Waals surface area (Å²) in [6, 6.07) is 0. The van der Waals surface area contributed by atoms with E-state index in [4.69, 9.17) is 16.3 Å². The standard InChI is InChI=1S/C10H19ClO/c1-9(2,3)12-8-6-7(11)10(8,4)5/h7-8H,6H2,1-5H3. The summed E-state index contributed by atoms with van der Waals surface area (Å²) in [5.41, 5.74) is 0.105. The van der Waals surface area contributed by atoms with Gasteiger partial charge in [0.1, 0.15) is 0 Å². The van der Waals surface area contributed by atoms with Crippen molar-refractivity contribution in [1.82, 2.24) is 0 Å². The molecule has 1 nitrogen and oxygen atoms in total. The molecule has 0 aliphatic heterocycles. The summed E-state index contributed by atoms with van der Waals surface area (Å²) in [7, 11) is 0. The zero-order chi connectivity index (χ0) is 9.57. The molecule has 0 N–H and O–H groups in total. The Morgan fingerprint density at radius 3 is 2.08 bits per heavy atom. The SMILES string of the molecule is CC(C)(C)OC1CC(Cl)C1(C)C. The summed E-state index contributed by atoms with van der Waals surface area (Å²) >= 11 is 6.08. The maximum Gasteiger partial charge on any atom is 0.0661 e. The van der Waals surface area contributed by atoms with Crippen molar-refractivity contribution in [3.8, 4) is 0 Å². The third-order valence-electron chi connectivity index (χ3n) is 2.55. The fourth-order valence-electron chi connectivity index (χ4n) is 1.46. The van der Waals surface area contributed by atoms with Crippen LogP contribution in [0.3, 0.4) is 0 Å². The topological polar surface area (TPSA) is 9.23 Å². The van der Waals surface area contributed by atoms with Gasteiger partial charge in [0.15, 0.2) is 0 Å². The molecule has 0 aromatic heterocycles. The number of alkyl halides is 1. The Hall–Kier alpha value is 0.250. The first-order valence-electron chi connectivity index (χ1n) is 4.55. The van der Waals surface area contributed by atoms with E-state index in [0.29, 0.717) is 6.10 Å². The van der Waals surface area contributed by atoms with Crippen LogP contribution in [0.1, 0.15) is 41.0 Å². The molecule has 1 aliphatic carbocycles. The Morgan fingerprint density at radius 1 is 1.33 bits per heavy atom. The number of ether oxygens (including phenoxy) is 1. The minimum atomic E-state index is -0.0427. The summed E-state index contributed by atoms with van der Waals surface area (Å²) in [5, 5.41) is 0.282. The summed E-state index contributed by atoms with van der Waals surface area (Å²) < 4.78 is 5.87. The van der Waals surface area contributed by atoms with Gasteiger partial charge in [-0.15, -0.1) is 11.6 Å². The molecule has 0 spiro atoms. The number of hydrogen-bond acceptors (Lipinski definition) is 1. The maximum atomic E-state index is 6.08. The highest BCUT2D eigenvalue weighted by Gasteiger charge is 2.49. The molecule has 2 heteroatoms. The van der Waals surface area contributed by atoms with Crippen LogP contribution in [0.15, 0.2) is 0 Å². The molecule has 1 aliphatic rings. The summed E-state index contributed by atoms with van der Waals surface area (Å²) in [6.45, 7) is 10.6. The highest BCUT2D eigenvalue weighted by molar-refractivity contribution is 6.21. The lowest BCUT2D eigenvalue weighted by atomic mass is 9.68. The van der Waals surface area contributed by atoms with Crippen LogP contribution in [-0.2, 0) is 4.74 Å². The minimum absolute atomic E-state index is 0.0427. The van der Waals surface area contributed by atoms with E-state index in [1.54, 1.807) is 0 Å². The van der Waals surface area contributed by atoms with E-state index in [1.165, 1.54) is 0 Å². The second-order valence-corrected chi connectivity index (χ2v) is 5.77. The smallest absolute Gasteiger partial charge is 0.0661 e. The summed E-state index contributed by atoms with van der Waals surface area (Å²) in [5.74, 6) is 0. The van der Waals surface area contributed by atoms with E-state index in [0.717, 1.165) is 6.42 Å². The number of rotatable bonds is 1. The highest BCUT2D eigenvalue weighted by Crippen LogP contribution is 2.47. The summed E-state index contributed by atoms with van der Waals surface area (Å²) in [6.07, 6.45) is 1.33. The van der Waals surface area contributed by atoms with Crippen LogP contribution in [0.5, 0.6) is 0 Å². The average Bonchev–Trinajstić information content (AvgIpc) is 1.84. The second kappa shape index (κ2) is 2.88. The van der Waals surface area contributed by atoms with Crippen molar-refractivity contribution in [3.05, 3.63) is 0 Å². The number of hydrogen-bond donors (Lipinski definition) is 0. The van der Waals surface area contributed by atoms with E-state index >= 15 is 0 Å². The summed E-state index contributed by atoms with van der Waals surface area (Å²) in [4.78, 5) is 0. The van der Waals surface area contributed by atoms with Crippen molar-refractivity contribution in [1.29, 1.82) is 0 Å². The monoisotopic (exact) mass is 190 g/mol. The Morgan fingerprint density at radius 2 is 1.83 bits per heavy atom. The molecule has 0 heterocycles. The lowest BCUT2D eigenvalue weighted by Crippen LogP contribution is -2.54. The van der Waals surface area contributed by atoms with Crippen molar-refractivity contribution in [2.75, 3.05) is 0 Å². The van der Waals surface area contributed by atoms with Gasteiger partial charge in [-0.25, -0.2) is 0 Å². The van der Waals surface area contributed by atoms with Gasteiger partial charge in [-0.2, -0.15) is 0 Å². The van der Waals surface area contributed by atoms with Gasteiger partial charge in [0, 0.05) is 10.8 Å². The fraction of sp³-hybridized carbons (Fsp3) is 1.00. The van der Waals surface area contributed by atoms with E-state index < -0.39 is 0 Å². The molecular formula is C10H19ClO. The normalized spacial score (nSPS) is 34.5. The van der Waals surface area contributed by atoms with Crippen molar-refractivity contribution in [2.24, 2.45) is 5.41 Å². The van der Waals surface area contributed by atoms with Gasteiger partial charge < -0.3 is 4.74 Å². The van der Waals surface area contributed by atoms with Gasteiger partial charge >= 0.3 is 0 Å². The van der Waals surface area contributed by atoms with Crippen molar-refractivity contribution < 1.29 is 4.74 Å². The van der Waals surface area contributed by atoms with Crippen LogP contribution >= 0.6 is 11.6 Å². The van der Waals surface area contributed by atoms with Gasteiger partial charge in [0.25, 0.3) is 0 Å². The molecule has 1 rings (SSSR count). The molecule has 0 bridgehead atoms. The lowest BCUT2D eigenvalue weighted by Gasteiger charge is -2.50. The second-order valence-electron chi connectivity index (χ2n) is 5.24. The van der Waals surface area contributed by atoms with Crippen LogP contribution in [0, 0.1) is 5.41 Å². The Bertz CT molecular complexity index is 169. The van der Waals surface area contributed by atoms with Crippen molar-refractivity contribution in [2.45, 2.75) is 58.1 Å². The predicted octanol–water partition coefficient (Wildman–Crippen LogP) is 3.21. The third-order valence-corrected chi connectivity index (χ3v) is 3.29. The van der Waals surface area contributed by atoms with Gasteiger partial charge in [-0.3, -0.25) is 0 Å². The van der Waals surface area contributed by atoms with Crippen LogP contribution in [0.2, 0.25) is 0 Å². The Balaban J connectivity index is 2.48. The zero-order valence-corrected chi connectivity index (χ0v) is 9.40. The van der Waals surface area contributed by atoms with Gasteiger partial charge in [0.2, 0.25) is 0 Å². The first-order chi connectivity index (χ1) is 5.23. The van der Waals surface area contributed by atoms with Crippen molar-refractivity contribution in [3.63, 3.8) is 0 Å². The molecule has 0 aromatic carbocycles. The molecule has 2 atom stereocenters. The number of halogens is 1. The van der Waals surface area contributed by atoms with E-state index in [1.807, 2.05) is 0 Å². The first kappa shape index (κ1) is 10.3. The van der Waals surface area contributed by atoms with E-state index in [2.05, 4.69) is 34.6 Å². The third kappa shape index (κ3) is 1.94. The van der Waals surface area contributed by atoms with Gasteiger partial charge in [0.05, 0.1) is 11.7 Å². The maximum absolute atomic E-state index is 6.08.